The second-order valence-corrected chi connectivity index (χ2v) is 5.65. The molecule has 0 aromatic heterocycles. The maximum Gasteiger partial charge on any atom is 0.253 e. The predicted molar refractivity (Wildman–Crippen MR) is 85.9 cm³/mol. The molecule has 2 rings (SSSR count). The number of carbonyl (C=O) groups is 1. The van der Waals surface area contributed by atoms with Crippen LogP contribution in [0.1, 0.15) is 21.5 Å². The molecule has 0 bridgehead atoms. The molecule has 1 amide bonds. The van der Waals surface area contributed by atoms with Crippen LogP contribution in [0.2, 0.25) is 0 Å². The van der Waals surface area contributed by atoms with Crippen LogP contribution in [-0.4, -0.2) is 5.91 Å². The number of anilines is 1. The summed E-state index contributed by atoms with van der Waals surface area (Å²) < 4.78 is 0.993. The monoisotopic (exact) mass is 366 g/mol. The molecule has 0 spiro atoms. The van der Waals surface area contributed by atoms with Gasteiger partial charge in [-0.15, -0.1) is 0 Å². The van der Waals surface area contributed by atoms with Gasteiger partial charge in [-0.2, -0.15) is 0 Å². The molecule has 3 N–H and O–H groups in total. The van der Waals surface area contributed by atoms with Gasteiger partial charge in [-0.05, 0) is 53.3 Å². The van der Waals surface area contributed by atoms with Crippen molar-refractivity contribution in [2.45, 2.75) is 13.5 Å². The van der Waals surface area contributed by atoms with Crippen LogP contribution in [0.25, 0.3) is 0 Å². The highest BCUT2D eigenvalue weighted by molar-refractivity contribution is 14.1. The molecule has 4 heteroatoms. The third kappa shape index (κ3) is 3.70. The quantitative estimate of drug-likeness (QED) is 0.648. The molecule has 0 saturated heterocycles. The third-order valence-electron chi connectivity index (χ3n) is 2.83. The van der Waals surface area contributed by atoms with E-state index < -0.39 is 0 Å². The summed E-state index contributed by atoms with van der Waals surface area (Å²) in [6.07, 6.45) is 0. The normalized spacial score (nSPS) is 10.2. The fourth-order valence-electron chi connectivity index (χ4n) is 1.71. The Morgan fingerprint density at radius 3 is 2.58 bits per heavy atom. The fraction of sp³-hybridized carbons (Fsp3) is 0.133. The van der Waals surface area contributed by atoms with Gasteiger partial charge in [0.25, 0.3) is 5.91 Å². The van der Waals surface area contributed by atoms with Crippen molar-refractivity contribution in [3.63, 3.8) is 0 Å². The van der Waals surface area contributed by atoms with E-state index in [9.17, 15) is 4.79 Å². The highest BCUT2D eigenvalue weighted by atomic mass is 127. The first-order chi connectivity index (χ1) is 9.06. The zero-order valence-electron chi connectivity index (χ0n) is 10.6. The Morgan fingerprint density at radius 2 is 1.89 bits per heavy atom. The van der Waals surface area contributed by atoms with E-state index in [1.165, 1.54) is 5.56 Å². The van der Waals surface area contributed by atoms with Gasteiger partial charge < -0.3 is 11.1 Å². The summed E-state index contributed by atoms with van der Waals surface area (Å²) in [6.45, 7) is 2.54. The molecule has 98 valence electrons. The first-order valence-electron chi connectivity index (χ1n) is 5.95. The minimum atomic E-state index is -0.142. The molecule has 19 heavy (non-hydrogen) atoms. The second kappa shape index (κ2) is 6.06. The number of carbonyl (C=O) groups excluding carboxylic acids is 1. The lowest BCUT2D eigenvalue weighted by Crippen LogP contribution is -2.23. The van der Waals surface area contributed by atoms with Crippen LogP contribution in [0.3, 0.4) is 0 Å². The van der Waals surface area contributed by atoms with Gasteiger partial charge in [0, 0.05) is 15.8 Å². The summed E-state index contributed by atoms with van der Waals surface area (Å²) in [7, 11) is 0. The number of amides is 1. The number of rotatable bonds is 3. The van der Waals surface area contributed by atoms with Gasteiger partial charge in [-0.3, -0.25) is 4.79 Å². The Kier molecular flexibility index (Phi) is 4.42. The highest BCUT2D eigenvalue weighted by Gasteiger charge is 2.09. The van der Waals surface area contributed by atoms with Crippen LogP contribution >= 0.6 is 22.6 Å². The molecule has 0 atom stereocenters. The van der Waals surface area contributed by atoms with Crippen molar-refractivity contribution < 1.29 is 4.79 Å². The smallest absolute Gasteiger partial charge is 0.253 e. The zero-order valence-corrected chi connectivity index (χ0v) is 12.8. The van der Waals surface area contributed by atoms with Crippen molar-refractivity contribution in [3.8, 4) is 0 Å². The molecule has 0 aliphatic rings. The Bertz CT molecular complexity index is 594. The summed E-state index contributed by atoms with van der Waals surface area (Å²) in [4.78, 5) is 12.1. The van der Waals surface area contributed by atoms with Crippen LogP contribution < -0.4 is 11.1 Å². The molecule has 3 nitrogen and oxygen atoms in total. The molecular weight excluding hydrogens is 351 g/mol. The number of halogens is 1. The molecule has 0 aliphatic carbocycles. The average molecular weight is 366 g/mol. The molecule has 0 aliphatic heterocycles. The van der Waals surface area contributed by atoms with Gasteiger partial charge in [0.1, 0.15) is 0 Å². The van der Waals surface area contributed by atoms with Gasteiger partial charge >= 0.3 is 0 Å². The number of nitrogens with two attached hydrogens (primary N) is 1. The average Bonchev–Trinajstić information content (AvgIpc) is 2.40. The SMILES string of the molecule is Cc1ccc(CNC(=O)c2cc(I)ccc2N)cc1. The van der Waals surface area contributed by atoms with E-state index in [1.54, 1.807) is 12.1 Å². The van der Waals surface area contributed by atoms with Gasteiger partial charge in [-0.1, -0.05) is 29.8 Å². The minimum absolute atomic E-state index is 0.142. The summed E-state index contributed by atoms with van der Waals surface area (Å²) >= 11 is 2.16. The lowest BCUT2D eigenvalue weighted by molar-refractivity contribution is 0.0951. The topological polar surface area (TPSA) is 55.1 Å². The number of nitrogens with one attached hydrogen (secondary N) is 1. The van der Waals surface area contributed by atoms with Gasteiger partial charge in [0.05, 0.1) is 5.56 Å². The molecule has 0 fully saturated rings. The van der Waals surface area contributed by atoms with Crippen molar-refractivity contribution >= 4 is 34.2 Å². The lowest BCUT2D eigenvalue weighted by Gasteiger charge is -2.08. The van der Waals surface area contributed by atoms with Crippen molar-refractivity contribution in [2.75, 3.05) is 5.73 Å². The van der Waals surface area contributed by atoms with E-state index in [1.807, 2.05) is 37.3 Å². The number of hydrogen-bond acceptors (Lipinski definition) is 2. The van der Waals surface area contributed by atoms with Crippen LogP contribution in [0.4, 0.5) is 5.69 Å². The molecule has 2 aromatic rings. The Labute approximate surface area is 126 Å². The molecular formula is C15H15IN2O. The largest absolute Gasteiger partial charge is 0.398 e. The standard InChI is InChI=1S/C15H15IN2O/c1-10-2-4-11(5-3-10)9-18-15(19)13-8-12(16)6-7-14(13)17/h2-8H,9,17H2,1H3,(H,18,19). The zero-order chi connectivity index (χ0) is 13.8. The van der Waals surface area contributed by atoms with Crippen LogP contribution in [0.15, 0.2) is 42.5 Å². The first kappa shape index (κ1) is 13.9. The number of nitrogen functional groups attached to an aromatic ring is 1. The van der Waals surface area contributed by atoms with E-state index in [0.717, 1.165) is 9.13 Å². The van der Waals surface area contributed by atoms with E-state index in [2.05, 4.69) is 27.9 Å². The van der Waals surface area contributed by atoms with Gasteiger partial charge in [0.2, 0.25) is 0 Å². The van der Waals surface area contributed by atoms with E-state index in [-0.39, 0.29) is 5.91 Å². The minimum Gasteiger partial charge on any atom is -0.398 e. The molecule has 0 saturated carbocycles. The molecule has 2 aromatic carbocycles. The highest BCUT2D eigenvalue weighted by Crippen LogP contribution is 2.15. The Balaban J connectivity index is 2.05. The summed E-state index contributed by atoms with van der Waals surface area (Å²) in [5.74, 6) is -0.142. The van der Waals surface area contributed by atoms with E-state index >= 15 is 0 Å². The lowest BCUT2D eigenvalue weighted by atomic mass is 10.1. The molecule has 0 unspecified atom stereocenters. The summed E-state index contributed by atoms with van der Waals surface area (Å²) in [5.41, 5.74) is 9.12. The van der Waals surface area contributed by atoms with Crippen molar-refractivity contribution in [1.82, 2.24) is 5.32 Å². The maximum atomic E-state index is 12.1. The van der Waals surface area contributed by atoms with E-state index in [0.29, 0.717) is 17.8 Å². The molecule has 0 radical (unpaired) electrons. The van der Waals surface area contributed by atoms with Gasteiger partial charge in [-0.25, -0.2) is 0 Å². The second-order valence-electron chi connectivity index (χ2n) is 4.40. The number of benzene rings is 2. The van der Waals surface area contributed by atoms with Crippen molar-refractivity contribution in [2.24, 2.45) is 0 Å². The summed E-state index contributed by atoms with van der Waals surface area (Å²) in [6, 6.07) is 13.5. The van der Waals surface area contributed by atoms with E-state index in [4.69, 9.17) is 5.73 Å². The van der Waals surface area contributed by atoms with Crippen LogP contribution in [-0.2, 0) is 6.54 Å². The van der Waals surface area contributed by atoms with Crippen molar-refractivity contribution in [3.05, 3.63) is 62.7 Å². The van der Waals surface area contributed by atoms with Gasteiger partial charge in [0.15, 0.2) is 0 Å². The third-order valence-corrected chi connectivity index (χ3v) is 3.50. The van der Waals surface area contributed by atoms with Crippen molar-refractivity contribution in [1.29, 1.82) is 0 Å². The summed E-state index contributed by atoms with van der Waals surface area (Å²) in [5, 5.41) is 2.88. The first-order valence-corrected chi connectivity index (χ1v) is 7.03. The number of aryl methyl sites for hydroxylation is 1. The predicted octanol–water partition coefficient (Wildman–Crippen LogP) is 3.11. The van der Waals surface area contributed by atoms with Crippen LogP contribution in [0, 0.1) is 10.5 Å². The fourth-order valence-corrected chi connectivity index (χ4v) is 2.20. The van der Waals surface area contributed by atoms with Crippen LogP contribution in [0.5, 0.6) is 0 Å². The maximum absolute atomic E-state index is 12.1. The Hall–Kier alpha value is -1.56. The number of hydrogen-bond donors (Lipinski definition) is 2. The Morgan fingerprint density at radius 1 is 1.21 bits per heavy atom. The molecule has 0 heterocycles.